The molecule has 0 saturated heterocycles. The van der Waals surface area contributed by atoms with Gasteiger partial charge in [0, 0.05) is 21.2 Å². The molecule has 1 aliphatic rings. The van der Waals surface area contributed by atoms with Crippen LogP contribution in [0.2, 0.25) is 0 Å². The van der Waals surface area contributed by atoms with Crippen molar-refractivity contribution < 1.29 is 4.79 Å². The molecule has 2 rings (SSSR count). The largest absolute Gasteiger partial charge is 0.330 e. The van der Waals surface area contributed by atoms with Crippen LogP contribution in [-0.2, 0) is 4.79 Å². The second-order valence-corrected chi connectivity index (χ2v) is 8.66. The smallest absolute Gasteiger partial charge is 0.227 e. The van der Waals surface area contributed by atoms with E-state index in [9.17, 15) is 4.79 Å². The molecule has 0 unspecified atom stereocenters. The van der Waals surface area contributed by atoms with Crippen molar-refractivity contribution in [2.24, 2.45) is 17.6 Å². The molecule has 0 aromatic heterocycles. The Hall–Kier alpha value is -1.00. The van der Waals surface area contributed by atoms with Crippen molar-refractivity contribution in [2.75, 3.05) is 11.9 Å². The molecule has 1 fully saturated rings. The molecule has 116 valence electrons. The maximum atomic E-state index is 12.3. The van der Waals surface area contributed by atoms with Gasteiger partial charge in [0.2, 0.25) is 5.91 Å². The third-order valence-corrected chi connectivity index (χ3v) is 4.96. The van der Waals surface area contributed by atoms with Crippen molar-refractivity contribution in [2.45, 2.75) is 49.7 Å². The summed E-state index contributed by atoms with van der Waals surface area (Å²) in [5.74, 6) is 0.554. The first-order valence-corrected chi connectivity index (χ1v) is 8.51. The van der Waals surface area contributed by atoms with E-state index in [0.717, 1.165) is 24.9 Å². The molecule has 4 heteroatoms. The molecular formula is C17H26N2OS. The van der Waals surface area contributed by atoms with Crippen LogP contribution in [0.1, 0.15) is 40.0 Å². The number of thioether (sulfide) groups is 1. The van der Waals surface area contributed by atoms with Crippen LogP contribution in [0.3, 0.4) is 0 Å². The number of carbonyl (C=O) groups excluding carboxylic acids is 1. The molecule has 21 heavy (non-hydrogen) atoms. The lowest BCUT2D eigenvalue weighted by atomic mass is 9.95. The third-order valence-electron chi connectivity index (χ3n) is 3.84. The zero-order valence-electron chi connectivity index (χ0n) is 13.2. The maximum absolute atomic E-state index is 12.3. The summed E-state index contributed by atoms with van der Waals surface area (Å²) in [7, 11) is 0. The summed E-state index contributed by atoms with van der Waals surface area (Å²) in [4.78, 5) is 13.5. The molecular weight excluding hydrogens is 280 g/mol. The highest BCUT2D eigenvalue weighted by Crippen LogP contribution is 2.33. The van der Waals surface area contributed by atoms with Crippen LogP contribution in [0, 0.1) is 11.8 Å². The van der Waals surface area contributed by atoms with E-state index >= 15 is 0 Å². The van der Waals surface area contributed by atoms with Crippen LogP contribution in [-0.4, -0.2) is 17.2 Å². The second kappa shape index (κ2) is 6.84. The molecule has 1 aliphatic carbocycles. The molecule has 0 spiro atoms. The number of hydrogen-bond acceptors (Lipinski definition) is 3. The summed E-state index contributed by atoms with van der Waals surface area (Å²) in [5, 5.41) is 3.03. The second-order valence-electron chi connectivity index (χ2n) is 6.76. The molecule has 1 amide bonds. The Morgan fingerprint density at radius 1 is 1.29 bits per heavy atom. The Morgan fingerprint density at radius 2 is 1.95 bits per heavy atom. The molecule has 1 aromatic carbocycles. The number of benzene rings is 1. The highest BCUT2D eigenvalue weighted by molar-refractivity contribution is 8.00. The number of nitrogens with two attached hydrogens (primary N) is 1. The highest BCUT2D eigenvalue weighted by atomic mass is 32.2. The highest BCUT2D eigenvalue weighted by Gasteiger charge is 2.31. The Morgan fingerprint density at radius 3 is 2.52 bits per heavy atom. The van der Waals surface area contributed by atoms with Gasteiger partial charge < -0.3 is 11.1 Å². The summed E-state index contributed by atoms with van der Waals surface area (Å²) in [6.07, 6.45) is 3.16. The Bertz CT molecular complexity index is 479. The Kier molecular flexibility index (Phi) is 5.33. The minimum atomic E-state index is 0.0821. The predicted molar refractivity (Wildman–Crippen MR) is 90.6 cm³/mol. The van der Waals surface area contributed by atoms with Gasteiger partial charge in [-0.2, -0.15) is 0 Å². The number of amides is 1. The molecule has 0 aliphatic heterocycles. The molecule has 0 bridgehead atoms. The van der Waals surface area contributed by atoms with E-state index in [1.54, 1.807) is 0 Å². The van der Waals surface area contributed by atoms with Crippen molar-refractivity contribution in [3.8, 4) is 0 Å². The lowest BCUT2D eigenvalue weighted by Crippen LogP contribution is -2.29. The maximum Gasteiger partial charge on any atom is 0.227 e. The minimum absolute atomic E-state index is 0.0821. The molecule has 3 N–H and O–H groups in total. The van der Waals surface area contributed by atoms with Crippen LogP contribution in [0.4, 0.5) is 5.69 Å². The minimum Gasteiger partial charge on any atom is -0.330 e. The topological polar surface area (TPSA) is 55.1 Å². The van der Waals surface area contributed by atoms with Gasteiger partial charge in [0.15, 0.2) is 0 Å². The number of anilines is 1. The standard InChI is InChI=1S/C17H26N2OS/c1-17(2,3)21-14-9-7-13(8-10-14)19-16(20)15-6-4-5-12(15)11-18/h7-10,12,15H,4-6,11,18H2,1-3H3,(H,19,20)/t12-,15-/m1/s1. The van der Waals surface area contributed by atoms with Gasteiger partial charge in [-0.05, 0) is 49.6 Å². The van der Waals surface area contributed by atoms with Crippen molar-refractivity contribution in [3.05, 3.63) is 24.3 Å². The van der Waals surface area contributed by atoms with E-state index < -0.39 is 0 Å². The van der Waals surface area contributed by atoms with Crippen molar-refractivity contribution in [1.29, 1.82) is 0 Å². The van der Waals surface area contributed by atoms with Gasteiger partial charge in [0.25, 0.3) is 0 Å². The van der Waals surface area contributed by atoms with Gasteiger partial charge in [-0.1, -0.05) is 27.2 Å². The lowest BCUT2D eigenvalue weighted by molar-refractivity contribution is -0.120. The predicted octanol–water partition coefficient (Wildman–Crippen LogP) is 3.89. The van der Waals surface area contributed by atoms with E-state index in [1.807, 2.05) is 23.9 Å². The van der Waals surface area contributed by atoms with E-state index in [2.05, 4.69) is 38.2 Å². The normalized spacial score (nSPS) is 22.3. The van der Waals surface area contributed by atoms with Crippen LogP contribution in [0.5, 0.6) is 0 Å². The summed E-state index contributed by atoms with van der Waals surface area (Å²) in [6, 6.07) is 8.11. The fourth-order valence-corrected chi connectivity index (χ4v) is 3.84. The van der Waals surface area contributed by atoms with E-state index in [-0.39, 0.29) is 16.6 Å². The van der Waals surface area contributed by atoms with E-state index in [4.69, 9.17) is 5.73 Å². The zero-order valence-corrected chi connectivity index (χ0v) is 14.0. The van der Waals surface area contributed by atoms with Crippen molar-refractivity contribution in [1.82, 2.24) is 0 Å². The number of hydrogen-bond donors (Lipinski definition) is 2. The first kappa shape index (κ1) is 16.4. The summed E-state index contributed by atoms with van der Waals surface area (Å²) < 4.78 is 0.197. The van der Waals surface area contributed by atoms with Crippen LogP contribution >= 0.6 is 11.8 Å². The van der Waals surface area contributed by atoms with Gasteiger partial charge in [-0.25, -0.2) is 0 Å². The van der Waals surface area contributed by atoms with E-state index in [0.29, 0.717) is 12.5 Å². The average Bonchev–Trinajstić information content (AvgIpc) is 2.87. The lowest BCUT2D eigenvalue weighted by Gasteiger charge is -2.19. The summed E-state index contributed by atoms with van der Waals surface area (Å²) >= 11 is 1.83. The van der Waals surface area contributed by atoms with E-state index in [1.165, 1.54) is 4.90 Å². The first-order valence-electron chi connectivity index (χ1n) is 7.69. The quantitative estimate of drug-likeness (QED) is 0.830. The molecule has 2 atom stereocenters. The van der Waals surface area contributed by atoms with Crippen LogP contribution < -0.4 is 11.1 Å². The van der Waals surface area contributed by atoms with Gasteiger partial charge in [-0.3, -0.25) is 4.79 Å². The van der Waals surface area contributed by atoms with Gasteiger partial charge in [0.05, 0.1) is 0 Å². The zero-order chi connectivity index (χ0) is 15.5. The Labute approximate surface area is 132 Å². The summed E-state index contributed by atoms with van der Waals surface area (Å²) in [5.41, 5.74) is 6.63. The summed E-state index contributed by atoms with van der Waals surface area (Å²) in [6.45, 7) is 7.19. The number of carbonyl (C=O) groups is 1. The van der Waals surface area contributed by atoms with Crippen LogP contribution in [0.25, 0.3) is 0 Å². The molecule has 3 nitrogen and oxygen atoms in total. The molecule has 1 saturated carbocycles. The SMILES string of the molecule is CC(C)(C)Sc1ccc(NC(=O)[C@@H]2CCC[C@@H]2CN)cc1. The van der Waals surface area contributed by atoms with Crippen LogP contribution in [0.15, 0.2) is 29.2 Å². The molecule has 1 aromatic rings. The third kappa shape index (κ3) is 4.75. The van der Waals surface area contributed by atoms with Crippen molar-refractivity contribution in [3.63, 3.8) is 0 Å². The van der Waals surface area contributed by atoms with Gasteiger partial charge >= 0.3 is 0 Å². The molecule has 0 radical (unpaired) electrons. The number of nitrogens with one attached hydrogen (secondary N) is 1. The fraction of sp³-hybridized carbons (Fsp3) is 0.588. The van der Waals surface area contributed by atoms with Gasteiger partial charge in [-0.15, -0.1) is 11.8 Å². The molecule has 0 heterocycles. The Balaban J connectivity index is 1.95. The number of rotatable bonds is 4. The first-order chi connectivity index (χ1) is 9.89. The fourth-order valence-electron chi connectivity index (χ4n) is 2.86. The average molecular weight is 306 g/mol. The monoisotopic (exact) mass is 306 g/mol. The van der Waals surface area contributed by atoms with Gasteiger partial charge in [0.1, 0.15) is 0 Å². The van der Waals surface area contributed by atoms with Crippen molar-refractivity contribution >= 4 is 23.4 Å².